The minimum Gasteiger partial charge on any atom is -0.467 e. The topological polar surface area (TPSA) is 64.6 Å². The summed E-state index contributed by atoms with van der Waals surface area (Å²) in [4.78, 5) is 23.5. The first-order chi connectivity index (χ1) is 10.5. The summed E-state index contributed by atoms with van der Waals surface area (Å²) in [5.74, 6) is -0.803. The monoisotopic (exact) mass is 305 g/mol. The number of amides is 1. The third kappa shape index (κ3) is 7.04. The molecule has 0 saturated heterocycles. The van der Waals surface area contributed by atoms with Crippen LogP contribution in [-0.4, -0.2) is 31.6 Å². The normalized spacial score (nSPS) is 11.4. The molecule has 1 rings (SSSR count). The van der Waals surface area contributed by atoms with E-state index >= 15 is 0 Å². The zero-order valence-corrected chi connectivity index (χ0v) is 13.3. The van der Waals surface area contributed by atoms with Crippen LogP contribution < -0.4 is 5.32 Å². The van der Waals surface area contributed by atoms with Gasteiger partial charge >= 0.3 is 5.97 Å². The van der Waals surface area contributed by atoms with Gasteiger partial charge in [0.2, 0.25) is 5.91 Å². The Morgan fingerprint density at radius 3 is 2.50 bits per heavy atom. The molecule has 0 aliphatic heterocycles. The van der Waals surface area contributed by atoms with Gasteiger partial charge in [-0.2, -0.15) is 0 Å². The van der Waals surface area contributed by atoms with Gasteiger partial charge in [-0.1, -0.05) is 42.0 Å². The molecule has 0 unspecified atom stereocenters. The molecule has 0 bridgehead atoms. The van der Waals surface area contributed by atoms with Crippen LogP contribution in [-0.2, 0) is 25.7 Å². The standard InChI is InChI=1S/C17H23NO4/c1-13(2)9-10-15(17(20)21-3)18-16(19)12-22-11-14-7-5-4-6-8-14/h4-9,15H,10-12H2,1-3H3,(H,18,19)/t15-/m0/s1. The molecule has 0 fully saturated rings. The van der Waals surface area contributed by atoms with Gasteiger partial charge in [0.15, 0.2) is 0 Å². The number of nitrogens with one attached hydrogen (secondary N) is 1. The Balaban J connectivity index is 2.42. The quantitative estimate of drug-likeness (QED) is 0.591. The molecule has 5 nitrogen and oxygen atoms in total. The number of carbonyl (C=O) groups excluding carboxylic acids is 2. The lowest BCUT2D eigenvalue weighted by Crippen LogP contribution is -2.42. The first kappa shape index (κ1) is 17.9. The van der Waals surface area contributed by atoms with Crippen LogP contribution in [0.2, 0.25) is 0 Å². The molecule has 0 saturated carbocycles. The van der Waals surface area contributed by atoms with Crippen molar-refractivity contribution in [1.29, 1.82) is 0 Å². The predicted octanol–water partition coefficient (Wildman–Crippen LogP) is 2.22. The fourth-order valence-electron chi connectivity index (χ4n) is 1.78. The molecule has 22 heavy (non-hydrogen) atoms. The van der Waals surface area contributed by atoms with E-state index in [0.29, 0.717) is 13.0 Å². The molecule has 0 aliphatic carbocycles. The summed E-state index contributed by atoms with van der Waals surface area (Å²) in [5, 5.41) is 2.63. The zero-order chi connectivity index (χ0) is 16.4. The molecule has 0 radical (unpaired) electrons. The molecule has 1 amide bonds. The Bertz CT molecular complexity index is 507. The first-order valence-electron chi connectivity index (χ1n) is 7.15. The maximum absolute atomic E-state index is 11.8. The second-order valence-corrected chi connectivity index (χ2v) is 5.14. The van der Waals surface area contributed by atoms with Crippen LogP contribution in [0.25, 0.3) is 0 Å². The molecule has 0 spiro atoms. The van der Waals surface area contributed by atoms with E-state index in [2.05, 4.69) is 5.32 Å². The Labute approximate surface area is 131 Å². The number of allylic oxidation sites excluding steroid dienone is 1. The van der Waals surface area contributed by atoms with E-state index in [1.807, 2.05) is 50.3 Å². The van der Waals surface area contributed by atoms with Crippen molar-refractivity contribution in [2.24, 2.45) is 0 Å². The average Bonchev–Trinajstić information content (AvgIpc) is 2.51. The van der Waals surface area contributed by atoms with E-state index in [9.17, 15) is 9.59 Å². The summed E-state index contributed by atoms with van der Waals surface area (Å²) in [6.45, 7) is 4.11. The van der Waals surface area contributed by atoms with Gasteiger partial charge in [-0.25, -0.2) is 4.79 Å². The molecule has 5 heteroatoms. The second kappa shape index (κ2) is 9.73. The molecule has 1 N–H and O–H groups in total. The highest BCUT2D eigenvalue weighted by molar-refractivity contribution is 5.85. The highest BCUT2D eigenvalue weighted by Gasteiger charge is 2.20. The molecule has 1 aromatic carbocycles. The third-order valence-corrected chi connectivity index (χ3v) is 2.93. The van der Waals surface area contributed by atoms with E-state index < -0.39 is 12.0 Å². The first-order valence-corrected chi connectivity index (χ1v) is 7.15. The van der Waals surface area contributed by atoms with Crippen molar-refractivity contribution in [2.45, 2.75) is 32.9 Å². The second-order valence-electron chi connectivity index (χ2n) is 5.14. The van der Waals surface area contributed by atoms with Crippen LogP contribution in [0.1, 0.15) is 25.8 Å². The summed E-state index contributed by atoms with van der Waals surface area (Å²) in [6, 6.07) is 8.89. The summed E-state index contributed by atoms with van der Waals surface area (Å²) in [7, 11) is 1.30. The lowest BCUT2D eigenvalue weighted by atomic mass is 10.1. The van der Waals surface area contributed by atoms with Crippen molar-refractivity contribution in [1.82, 2.24) is 5.32 Å². The number of benzene rings is 1. The van der Waals surface area contributed by atoms with Crippen LogP contribution in [0.5, 0.6) is 0 Å². The van der Waals surface area contributed by atoms with Crippen molar-refractivity contribution in [2.75, 3.05) is 13.7 Å². The maximum atomic E-state index is 11.8. The minimum absolute atomic E-state index is 0.1000. The summed E-state index contributed by atoms with van der Waals surface area (Å²) in [6.07, 6.45) is 2.28. The number of hydrogen-bond donors (Lipinski definition) is 1. The largest absolute Gasteiger partial charge is 0.467 e. The smallest absolute Gasteiger partial charge is 0.328 e. The SMILES string of the molecule is COC(=O)[C@H](CC=C(C)C)NC(=O)COCc1ccccc1. The fourth-order valence-corrected chi connectivity index (χ4v) is 1.78. The molecule has 0 aliphatic rings. The van der Waals surface area contributed by atoms with Gasteiger partial charge in [0, 0.05) is 0 Å². The van der Waals surface area contributed by atoms with E-state index in [1.165, 1.54) is 7.11 Å². The van der Waals surface area contributed by atoms with Crippen molar-refractivity contribution in [3.63, 3.8) is 0 Å². The molecule has 120 valence electrons. The van der Waals surface area contributed by atoms with E-state index in [4.69, 9.17) is 9.47 Å². The molecular weight excluding hydrogens is 282 g/mol. The highest BCUT2D eigenvalue weighted by atomic mass is 16.5. The molecule has 1 atom stereocenters. The number of esters is 1. The summed E-state index contributed by atoms with van der Waals surface area (Å²) >= 11 is 0. The van der Waals surface area contributed by atoms with E-state index in [0.717, 1.165) is 11.1 Å². The highest BCUT2D eigenvalue weighted by Crippen LogP contribution is 2.02. The number of rotatable bonds is 8. The third-order valence-electron chi connectivity index (χ3n) is 2.93. The lowest BCUT2D eigenvalue weighted by molar-refractivity contribution is -0.145. The Morgan fingerprint density at radius 1 is 1.23 bits per heavy atom. The van der Waals surface area contributed by atoms with Gasteiger partial charge in [0.05, 0.1) is 13.7 Å². The molecule has 0 aromatic heterocycles. The Hall–Kier alpha value is -2.14. The van der Waals surface area contributed by atoms with Crippen molar-refractivity contribution >= 4 is 11.9 Å². The van der Waals surface area contributed by atoms with Crippen LogP contribution in [0, 0.1) is 0 Å². The zero-order valence-electron chi connectivity index (χ0n) is 13.3. The van der Waals surface area contributed by atoms with Crippen molar-refractivity contribution < 1.29 is 19.1 Å². The van der Waals surface area contributed by atoms with Crippen LogP contribution >= 0.6 is 0 Å². The van der Waals surface area contributed by atoms with Crippen LogP contribution in [0.15, 0.2) is 42.0 Å². The molecule has 0 heterocycles. The van der Waals surface area contributed by atoms with Gasteiger partial charge in [-0.3, -0.25) is 4.79 Å². The lowest BCUT2D eigenvalue weighted by Gasteiger charge is -2.15. The number of ether oxygens (including phenoxy) is 2. The summed E-state index contributed by atoms with van der Waals surface area (Å²) < 4.78 is 10.0. The fraction of sp³-hybridized carbons (Fsp3) is 0.412. The predicted molar refractivity (Wildman–Crippen MR) is 84.1 cm³/mol. The van der Waals surface area contributed by atoms with Gasteiger partial charge in [0.1, 0.15) is 12.6 Å². The maximum Gasteiger partial charge on any atom is 0.328 e. The van der Waals surface area contributed by atoms with Gasteiger partial charge in [-0.05, 0) is 25.8 Å². The van der Waals surface area contributed by atoms with Crippen molar-refractivity contribution in [3.05, 3.63) is 47.5 Å². The Morgan fingerprint density at radius 2 is 1.91 bits per heavy atom. The molecule has 1 aromatic rings. The number of hydrogen-bond acceptors (Lipinski definition) is 4. The van der Waals surface area contributed by atoms with E-state index in [-0.39, 0.29) is 12.5 Å². The molecular formula is C17H23NO4. The van der Waals surface area contributed by atoms with E-state index in [1.54, 1.807) is 0 Å². The average molecular weight is 305 g/mol. The van der Waals surface area contributed by atoms with Crippen molar-refractivity contribution in [3.8, 4) is 0 Å². The van der Waals surface area contributed by atoms with Gasteiger partial charge in [-0.15, -0.1) is 0 Å². The van der Waals surface area contributed by atoms with Gasteiger partial charge < -0.3 is 14.8 Å². The number of carbonyl (C=O) groups is 2. The number of methoxy groups -OCH3 is 1. The Kier molecular flexibility index (Phi) is 7.92. The summed E-state index contributed by atoms with van der Waals surface area (Å²) in [5.41, 5.74) is 2.06. The van der Waals surface area contributed by atoms with Crippen LogP contribution in [0.3, 0.4) is 0 Å². The minimum atomic E-state index is -0.687. The van der Waals surface area contributed by atoms with Crippen LogP contribution in [0.4, 0.5) is 0 Å². The van der Waals surface area contributed by atoms with Gasteiger partial charge in [0.25, 0.3) is 0 Å².